The third-order valence-electron chi connectivity index (χ3n) is 0.387. The van der Waals surface area contributed by atoms with Crippen LogP contribution in [0.3, 0.4) is 0 Å². The Morgan fingerprint density at radius 2 is 2.50 bits per heavy atom. The van der Waals surface area contributed by atoms with E-state index in [0.717, 1.165) is 0 Å². The molecule has 6 heavy (non-hydrogen) atoms. The summed E-state index contributed by atoms with van der Waals surface area (Å²) in [5.74, 6) is 0. The SMILES string of the molecule is C[C@H](O)CC#N. The summed E-state index contributed by atoms with van der Waals surface area (Å²) in [7, 11) is 0. The van der Waals surface area contributed by atoms with Crippen molar-refractivity contribution in [1.82, 2.24) is 0 Å². The minimum absolute atomic E-state index is 0.236. The molecule has 34 valence electrons. The molecule has 2 nitrogen and oxygen atoms in total. The van der Waals surface area contributed by atoms with Crippen LogP contribution in [0.5, 0.6) is 0 Å². The van der Waals surface area contributed by atoms with Crippen molar-refractivity contribution >= 4 is 0 Å². The molecule has 0 saturated heterocycles. The summed E-state index contributed by atoms with van der Waals surface area (Å²) in [5.41, 5.74) is 0. The fourth-order valence-corrected chi connectivity index (χ4v) is 0.132. The second-order valence-corrected chi connectivity index (χ2v) is 1.21. The van der Waals surface area contributed by atoms with Crippen molar-refractivity contribution in [2.75, 3.05) is 0 Å². The molecule has 2 heteroatoms. The molecule has 0 fully saturated rings. The van der Waals surface area contributed by atoms with Crippen molar-refractivity contribution in [3.8, 4) is 6.07 Å². The Hall–Kier alpha value is -0.550. The van der Waals surface area contributed by atoms with E-state index < -0.39 is 6.10 Å². The first kappa shape index (κ1) is 5.45. The van der Waals surface area contributed by atoms with E-state index in [2.05, 4.69) is 0 Å². The van der Waals surface area contributed by atoms with Gasteiger partial charge in [-0.1, -0.05) is 0 Å². The number of nitriles is 1. The molecule has 0 aliphatic carbocycles. The Morgan fingerprint density at radius 3 is 2.50 bits per heavy atom. The number of nitrogens with zero attached hydrogens (tertiary/aromatic N) is 1. The van der Waals surface area contributed by atoms with Gasteiger partial charge in [0.2, 0.25) is 0 Å². The molecule has 0 spiro atoms. The molecule has 0 aromatic rings. The smallest absolute Gasteiger partial charge is 0.0648 e. The largest absolute Gasteiger partial charge is 0.392 e. The number of aliphatic hydroxyl groups excluding tert-OH is 1. The minimum Gasteiger partial charge on any atom is -0.392 e. The maximum atomic E-state index is 8.33. The van der Waals surface area contributed by atoms with Gasteiger partial charge in [0, 0.05) is 0 Å². The van der Waals surface area contributed by atoms with E-state index in [1.807, 2.05) is 6.07 Å². The van der Waals surface area contributed by atoms with Crippen LogP contribution in [0.2, 0.25) is 0 Å². The lowest BCUT2D eigenvalue weighted by Crippen LogP contribution is -1.94. The average Bonchev–Trinajstić information content (AvgIpc) is 1.35. The molecule has 0 rings (SSSR count). The van der Waals surface area contributed by atoms with Gasteiger partial charge in [-0.15, -0.1) is 0 Å². The van der Waals surface area contributed by atoms with E-state index in [-0.39, 0.29) is 6.42 Å². The van der Waals surface area contributed by atoms with Gasteiger partial charge in [0.1, 0.15) is 0 Å². The van der Waals surface area contributed by atoms with E-state index in [0.29, 0.717) is 0 Å². The molecule has 0 bridgehead atoms. The van der Waals surface area contributed by atoms with Crippen LogP contribution >= 0.6 is 0 Å². The molecule has 0 radical (unpaired) electrons. The van der Waals surface area contributed by atoms with Crippen molar-refractivity contribution in [1.29, 1.82) is 5.26 Å². The lowest BCUT2D eigenvalue weighted by molar-refractivity contribution is 0.200. The Kier molecular flexibility index (Phi) is 2.43. The maximum Gasteiger partial charge on any atom is 0.0648 e. The highest BCUT2D eigenvalue weighted by Crippen LogP contribution is 1.82. The predicted octanol–water partition coefficient (Wildman–Crippen LogP) is 0.281. The maximum absolute atomic E-state index is 8.33. The third-order valence-corrected chi connectivity index (χ3v) is 0.387. The van der Waals surface area contributed by atoms with Crippen molar-refractivity contribution in [3.05, 3.63) is 0 Å². The standard InChI is InChI=1S/C4H7NO/c1-4(6)2-3-5/h4,6H,2H2,1H3/t4-/m0/s1. The van der Waals surface area contributed by atoms with Crippen LogP contribution in [0.4, 0.5) is 0 Å². The molecule has 0 aromatic carbocycles. The Balaban J connectivity index is 2.88. The van der Waals surface area contributed by atoms with Crippen molar-refractivity contribution in [2.45, 2.75) is 19.4 Å². The summed E-state index contributed by atoms with van der Waals surface area (Å²) in [6.07, 6.45) is -0.227. The molecule has 0 aliphatic heterocycles. The minimum atomic E-state index is -0.463. The second kappa shape index (κ2) is 2.67. The molecular weight excluding hydrogens is 78.0 g/mol. The van der Waals surface area contributed by atoms with Gasteiger partial charge in [-0.25, -0.2) is 0 Å². The summed E-state index contributed by atoms with van der Waals surface area (Å²) in [4.78, 5) is 0. The average molecular weight is 85.1 g/mol. The zero-order chi connectivity index (χ0) is 4.99. The molecule has 0 unspecified atom stereocenters. The van der Waals surface area contributed by atoms with Crippen molar-refractivity contribution in [3.63, 3.8) is 0 Å². The van der Waals surface area contributed by atoms with Gasteiger partial charge in [0.25, 0.3) is 0 Å². The fourth-order valence-electron chi connectivity index (χ4n) is 0.132. The quantitative estimate of drug-likeness (QED) is 0.497. The first-order valence-electron chi connectivity index (χ1n) is 1.82. The number of hydrogen-bond donors (Lipinski definition) is 1. The summed E-state index contributed by atoms with van der Waals surface area (Å²) < 4.78 is 0. The van der Waals surface area contributed by atoms with Crippen LogP contribution in [0, 0.1) is 11.3 Å². The number of aliphatic hydroxyl groups is 1. The van der Waals surface area contributed by atoms with E-state index in [4.69, 9.17) is 10.4 Å². The van der Waals surface area contributed by atoms with Gasteiger partial charge in [0.15, 0.2) is 0 Å². The zero-order valence-corrected chi connectivity index (χ0v) is 3.68. The van der Waals surface area contributed by atoms with Gasteiger partial charge in [-0.3, -0.25) is 0 Å². The molecular formula is C4H7NO. The number of hydrogen-bond acceptors (Lipinski definition) is 2. The second-order valence-electron chi connectivity index (χ2n) is 1.21. The predicted molar refractivity (Wildman–Crippen MR) is 21.9 cm³/mol. The van der Waals surface area contributed by atoms with Crippen LogP contribution in [0.1, 0.15) is 13.3 Å². The molecule has 0 saturated carbocycles. The van der Waals surface area contributed by atoms with Gasteiger partial charge in [-0.05, 0) is 6.92 Å². The molecule has 0 amide bonds. The van der Waals surface area contributed by atoms with Gasteiger partial charge >= 0.3 is 0 Å². The van der Waals surface area contributed by atoms with Gasteiger partial charge < -0.3 is 5.11 Å². The number of rotatable bonds is 1. The van der Waals surface area contributed by atoms with Crippen LogP contribution < -0.4 is 0 Å². The summed E-state index contributed by atoms with van der Waals surface area (Å²) in [6, 6.07) is 1.82. The normalized spacial score (nSPS) is 12.8. The monoisotopic (exact) mass is 85.1 g/mol. The Labute approximate surface area is 37.0 Å². The van der Waals surface area contributed by atoms with E-state index in [9.17, 15) is 0 Å². The highest BCUT2D eigenvalue weighted by Gasteiger charge is 1.87. The van der Waals surface area contributed by atoms with Crippen molar-refractivity contribution in [2.24, 2.45) is 0 Å². The molecule has 1 atom stereocenters. The van der Waals surface area contributed by atoms with Crippen molar-refractivity contribution < 1.29 is 5.11 Å². The Morgan fingerprint density at radius 1 is 2.00 bits per heavy atom. The van der Waals surface area contributed by atoms with Crippen LogP contribution in [-0.2, 0) is 0 Å². The summed E-state index contributed by atoms with van der Waals surface area (Å²) in [6.45, 7) is 1.59. The molecule has 0 heterocycles. The summed E-state index contributed by atoms with van der Waals surface area (Å²) in [5, 5.41) is 16.2. The highest BCUT2D eigenvalue weighted by atomic mass is 16.3. The lowest BCUT2D eigenvalue weighted by Gasteiger charge is -1.88. The van der Waals surface area contributed by atoms with E-state index in [1.165, 1.54) is 0 Å². The van der Waals surface area contributed by atoms with E-state index >= 15 is 0 Å². The van der Waals surface area contributed by atoms with Gasteiger partial charge in [-0.2, -0.15) is 5.26 Å². The highest BCUT2D eigenvalue weighted by molar-refractivity contribution is 4.71. The lowest BCUT2D eigenvalue weighted by atomic mass is 10.3. The van der Waals surface area contributed by atoms with Gasteiger partial charge in [0.05, 0.1) is 18.6 Å². The molecule has 1 N–H and O–H groups in total. The first-order valence-corrected chi connectivity index (χ1v) is 1.82. The topological polar surface area (TPSA) is 44.0 Å². The third kappa shape index (κ3) is 3.45. The molecule has 0 aliphatic rings. The summed E-state index contributed by atoms with van der Waals surface area (Å²) >= 11 is 0. The first-order chi connectivity index (χ1) is 2.77. The zero-order valence-electron chi connectivity index (χ0n) is 3.68. The van der Waals surface area contributed by atoms with Crippen LogP contribution in [0.15, 0.2) is 0 Å². The van der Waals surface area contributed by atoms with Crippen LogP contribution in [0.25, 0.3) is 0 Å². The molecule has 0 aromatic heterocycles. The van der Waals surface area contributed by atoms with Crippen LogP contribution in [-0.4, -0.2) is 11.2 Å². The fraction of sp³-hybridized carbons (Fsp3) is 0.750. The van der Waals surface area contributed by atoms with E-state index in [1.54, 1.807) is 6.92 Å². The Bertz CT molecular complexity index is 62.4.